The maximum atomic E-state index is 6.92. The monoisotopic (exact) mass is 1110 g/mol. The highest BCUT2D eigenvalue weighted by Gasteiger charge is 2.29. The number of ether oxygens (including phenoxy) is 4. The van der Waals surface area contributed by atoms with Gasteiger partial charge in [-0.1, -0.05) is 72.8 Å². The lowest BCUT2D eigenvalue weighted by Crippen LogP contribution is -2.34. The number of hydrogen-bond donors (Lipinski definition) is 2. The van der Waals surface area contributed by atoms with Crippen LogP contribution in [0.25, 0.3) is 89.7 Å². The second-order valence-electron chi connectivity index (χ2n) is 24.8. The van der Waals surface area contributed by atoms with Crippen LogP contribution in [0.4, 0.5) is 22.7 Å². The minimum absolute atomic E-state index is 0.360. The molecule has 0 saturated heterocycles. The highest BCUT2D eigenvalue weighted by molar-refractivity contribution is 6.10. The van der Waals surface area contributed by atoms with Crippen molar-refractivity contribution in [2.75, 3.05) is 84.6 Å². The maximum Gasteiger partial charge on any atom is 0.168 e. The number of hydrogen-bond acceptors (Lipinski definition) is 10. The van der Waals surface area contributed by atoms with Crippen LogP contribution in [0.1, 0.15) is 0 Å². The van der Waals surface area contributed by atoms with E-state index in [1.54, 1.807) is 0 Å². The molecular formula is C68H66N12O4+4. The summed E-state index contributed by atoms with van der Waals surface area (Å²) >= 11 is 0. The summed E-state index contributed by atoms with van der Waals surface area (Å²) in [6, 6.07) is 56.1. The fourth-order valence-electron chi connectivity index (χ4n) is 10.6. The molecule has 13 rings (SSSR count). The molecule has 5 heterocycles. The van der Waals surface area contributed by atoms with E-state index >= 15 is 0 Å². The van der Waals surface area contributed by atoms with E-state index in [1.807, 2.05) is 121 Å². The fraction of sp³-hybridized carbons (Fsp3) is 0.176. The molecule has 2 N–H and O–H groups in total. The predicted octanol–water partition coefficient (Wildman–Crippen LogP) is 14.8. The van der Waals surface area contributed by atoms with Gasteiger partial charge in [0.1, 0.15) is 91.3 Å². The van der Waals surface area contributed by atoms with Gasteiger partial charge in [0, 0.05) is 46.2 Å². The van der Waals surface area contributed by atoms with Crippen molar-refractivity contribution < 1.29 is 18.9 Å². The van der Waals surface area contributed by atoms with Crippen molar-refractivity contribution in [3.8, 4) is 91.5 Å². The first-order chi connectivity index (χ1) is 40.1. The Labute approximate surface area is 487 Å². The summed E-state index contributed by atoms with van der Waals surface area (Å²) in [5.74, 6) is 6.40. The Bertz CT molecular complexity index is 4640. The molecule has 0 amide bonds. The molecule has 16 nitrogen and oxygen atoms in total. The molecule has 0 fully saturated rings. The number of fused-ring (bicyclic) bond motifs is 20. The molecule has 8 bridgehead atoms. The second-order valence-corrected chi connectivity index (χ2v) is 24.8. The summed E-state index contributed by atoms with van der Waals surface area (Å²) in [4.78, 5) is 39.8. The molecule has 8 aromatic carbocycles. The number of aromatic amines is 2. The van der Waals surface area contributed by atoms with Gasteiger partial charge in [0.2, 0.25) is 0 Å². The molecule has 0 saturated carbocycles. The summed E-state index contributed by atoms with van der Waals surface area (Å²) in [7, 11) is 25.5. The molecule has 0 radical (unpaired) electrons. The number of aromatic nitrogens is 8. The number of nitrogens with zero attached hydrogens (tertiary/aromatic N) is 10. The molecule has 84 heavy (non-hydrogen) atoms. The number of quaternary nitrogens is 4. The van der Waals surface area contributed by atoms with Crippen molar-refractivity contribution in [3.05, 3.63) is 170 Å². The van der Waals surface area contributed by atoms with Gasteiger partial charge in [-0.2, -0.15) is 0 Å². The van der Waals surface area contributed by atoms with E-state index in [0.717, 1.165) is 33.5 Å². The lowest BCUT2D eigenvalue weighted by Gasteiger charge is -2.23. The molecule has 0 atom stereocenters. The summed E-state index contributed by atoms with van der Waals surface area (Å²) in [6.07, 6.45) is 0. The summed E-state index contributed by atoms with van der Waals surface area (Å²) in [6.45, 7) is 0. The average molecular weight is 1120 g/mol. The van der Waals surface area contributed by atoms with Crippen LogP contribution < -0.4 is 36.9 Å². The topological polar surface area (TPSA) is 146 Å². The van der Waals surface area contributed by atoms with Gasteiger partial charge in [0.25, 0.3) is 0 Å². The molecule has 3 aromatic heterocycles. The fourth-order valence-corrected chi connectivity index (χ4v) is 10.6. The highest BCUT2D eigenvalue weighted by Crippen LogP contribution is 2.47. The molecule has 2 aliphatic rings. The van der Waals surface area contributed by atoms with E-state index in [9.17, 15) is 0 Å². The zero-order chi connectivity index (χ0) is 58.5. The standard InChI is InChI=1S/C68H66N12O4/c1-77(2,3)41-21-13-25-45(37-41)81-53-33-17-29-49-57(53)65-70-61(49)69-62-50-30-18-35-55(83-47-27-15-23-43(39-47)79(7,8)9)59(50)67(71-62)76-68-60-52(32-20-36-56(60)84-48-28-16-24-44(40-48)80(10,11)12)64(75-68)74-66-58-51(63(72-65)73-66)31-19-34-54(58)82-46-26-14-22-42(38-46)78(4,5)6/h13-40H,1-12H3,(H2,69,70,71,72,73,74,75,76)/q+4. The van der Waals surface area contributed by atoms with Crippen LogP contribution in [0.15, 0.2) is 170 Å². The number of rotatable bonds is 12. The number of nitrogens with one attached hydrogen (secondary N) is 2. The largest absolute Gasteiger partial charge is 0.456 e. The van der Waals surface area contributed by atoms with Gasteiger partial charge in [-0.25, -0.2) is 29.9 Å². The minimum atomic E-state index is 0.360. The molecule has 2 aliphatic heterocycles. The Kier molecular flexibility index (Phi) is 12.7. The Morgan fingerprint density at radius 1 is 0.286 bits per heavy atom. The van der Waals surface area contributed by atoms with Gasteiger partial charge in [0.05, 0.1) is 106 Å². The van der Waals surface area contributed by atoms with Crippen molar-refractivity contribution in [1.82, 2.24) is 57.8 Å². The van der Waals surface area contributed by atoms with Crippen LogP contribution in [0.2, 0.25) is 0 Å². The van der Waals surface area contributed by atoms with Crippen molar-refractivity contribution in [2.45, 2.75) is 0 Å². The van der Waals surface area contributed by atoms with Gasteiger partial charge in [-0.15, -0.1) is 0 Å². The Balaban J connectivity index is 1.12. The van der Waals surface area contributed by atoms with Crippen molar-refractivity contribution in [2.24, 2.45) is 0 Å². The molecule has 0 aliphatic carbocycles. The van der Waals surface area contributed by atoms with E-state index in [2.05, 4.69) is 143 Å². The van der Waals surface area contributed by atoms with Crippen LogP contribution in [-0.4, -0.2) is 124 Å². The van der Waals surface area contributed by atoms with Gasteiger partial charge in [-0.3, -0.25) is 17.9 Å². The SMILES string of the molecule is C[N+](C)(C)c1cccc(Oc2cccc3c2-c2nc-3nc3[nH]c(nc4nc(nc5[nH]c(n2)c2cccc(Oc6cccc([N+](C)(C)C)c6)c52)-c2c(Oc5cccc([N+](C)(C)C)c5)cccc2-4)c2cccc(Oc4cccc([N+](C)(C)C)c4)c32)c1. The van der Waals surface area contributed by atoms with Crippen molar-refractivity contribution in [3.63, 3.8) is 0 Å². The first-order valence-corrected chi connectivity index (χ1v) is 27.8. The van der Waals surface area contributed by atoms with E-state index in [0.29, 0.717) is 143 Å². The van der Waals surface area contributed by atoms with E-state index in [4.69, 9.17) is 48.9 Å². The first-order valence-electron chi connectivity index (χ1n) is 27.8. The second kappa shape index (κ2) is 20.0. The number of H-pyrrole nitrogens is 2. The van der Waals surface area contributed by atoms with Gasteiger partial charge >= 0.3 is 0 Å². The highest BCUT2D eigenvalue weighted by atomic mass is 16.5. The van der Waals surface area contributed by atoms with Crippen LogP contribution in [0.3, 0.4) is 0 Å². The summed E-state index contributed by atoms with van der Waals surface area (Å²) < 4.78 is 30.0. The molecule has 16 heteroatoms. The third kappa shape index (κ3) is 10.1. The average Bonchev–Trinajstić information content (AvgIpc) is 1.92. The molecular weight excluding hydrogens is 1050 g/mol. The van der Waals surface area contributed by atoms with E-state index in [-0.39, 0.29) is 0 Å². The number of benzene rings is 8. The van der Waals surface area contributed by atoms with Crippen molar-refractivity contribution in [1.29, 1.82) is 0 Å². The zero-order valence-corrected chi connectivity index (χ0v) is 49.3. The summed E-state index contributed by atoms with van der Waals surface area (Å²) in [5, 5.41) is 2.84. The smallest absolute Gasteiger partial charge is 0.168 e. The molecule has 11 aromatic rings. The quantitative estimate of drug-likeness (QED) is 0.113. The van der Waals surface area contributed by atoms with E-state index in [1.165, 1.54) is 0 Å². The Morgan fingerprint density at radius 3 is 0.929 bits per heavy atom. The normalized spacial score (nSPS) is 12.5. The third-order valence-electron chi connectivity index (χ3n) is 15.1. The third-order valence-corrected chi connectivity index (χ3v) is 15.1. The van der Waals surface area contributed by atoms with Crippen molar-refractivity contribution >= 4 is 66.9 Å². The lowest BCUT2D eigenvalue weighted by atomic mass is 10.1. The molecule has 418 valence electrons. The lowest BCUT2D eigenvalue weighted by molar-refractivity contribution is 0.467. The first kappa shape index (κ1) is 53.5. The summed E-state index contributed by atoms with van der Waals surface area (Å²) in [5.41, 5.74) is 8.90. The van der Waals surface area contributed by atoms with Crippen LogP contribution in [0, 0.1) is 0 Å². The van der Waals surface area contributed by atoms with Gasteiger partial charge in [0.15, 0.2) is 23.3 Å². The van der Waals surface area contributed by atoms with E-state index < -0.39 is 0 Å². The van der Waals surface area contributed by atoms with Crippen LogP contribution in [0.5, 0.6) is 46.0 Å². The predicted molar refractivity (Wildman–Crippen MR) is 340 cm³/mol. The van der Waals surface area contributed by atoms with Gasteiger partial charge in [-0.05, 0) is 72.8 Å². The zero-order valence-electron chi connectivity index (χ0n) is 49.3. The molecule has 0 unspecified atom stereocenters. The molecule has 0 spiro atoms. The maximum absolute atomic E-state index is 6.92. The van der Waals surface area contributed by atoms with Crippen LogP contribution >= 0.6 is 0 Å². The van der Waals surface area contributed by atoms with Gasteiger partial charge < -0.3 is 28.9 Å². The minimum Gasteiger partial charge on any atom is -0.456 e. The Hall–Kier alpha value is -9.84. The van der Waals surface area contributed by atoms with Crippen LogP contribution in [-0.2, 0) is 0 Å². The Morgan fingerprint density at radius 2 is 0.571 bits per heavy atom.